The second-order valence-electron chi connectivity index (χ2n) is 4.52. The van der Waals surface area contributed by atoms with Crippen molar-refractivity contribution >= 4 is 11.7 Å². The molecule has 0 radical (unpaired) electrons. The van der Waals surface area contributed by atoms with Gasteiger partial charge in [-0.15, -0.1) is 0 Å². The first-order valence-corrected chi connectivity index (χ1v) is 5.88. The lowest BCUT2D eigenvalue weighted by Gasteiger charge is -2.31. The van der Waals surface area contributed by atoms with Gasteiger partial charge in [0.2, 0.25) is 5.91 Å². The van der Waals surface area contributed by atoms with Crippen LogP contribution in [-0.2, 0) is 11.3 Å². The lowest BCUT2D eigenvalue weighted by Crippen LogP contribution is -2.40. The highest BCUT2D eigenvalue weighted by atomic mass is 16.1. The lowest BCUT2D eigenvalue weighted by molar-refractivity contribution is -0.123. The van der Waals surface area contributed by atoms with Gasteiger partial charge in [-0.05, 0) is 25.5 Å². The SMILES string of the molecule is NC(=O)C1CCCN(Cc2cccnc2N)C1. The Labute approximate surface area is 101 Å². The Morgan fingerprint density at radius 3 is 3.12 bits per heavy atom. The quantitative estimate of drug-likeness (QED) is 0.790. The van der Waals surface area contributed by atoms with Crippen molar-refractivity contribution in [3.63, 3.8) is 0 Å². The Kier molecular flexibility index (Phi) is 3.58. The highest BCUT2D eigenvalue weighted by Gasteiger charge is 2.24. The van der Waals surface area contributed by atoms with E-state index in [1.54, 1.807) is 6.20 Å². The molecule has 5 nitrogen and oxygen atoms in total. The second-order valence-corrected chi connectivity index (χ2v) is 4.52. The van der Waals surface area contributed by atoms with Crippen LogP contribution in [-0.4, -0.2) is 28.9 Å². The molecule has 1 aliphatic rings. The van der Waals surface area contributed by atoms with Crippen LogP contribution in [0.2, 0.25) is 0 Å². The van der Waals surface area contributed by atoms with Crippen LogP contribution in [0.5, 0.6) is 0 Å². The van der Waals surface area contributed by atoms with E-state index in [2.05, 4.69) is 9.88 Å². The molecule has 1 unspecified atom stereocenters. The van der Waals surface area contributed by atoms with Gasteiger partial charge in [0.05, 0.1) is 5.92 Å². The summed E-state index contributed by atoms with van der Waals surface area (Å²) in [5.74, 6) is 0.337. The predicted molar refractivity (Wildman–Crippen MR) is 65.8 cm³/mol. The van der Waals surface area contributed by atoms with Crippen molar-refractivity contribution in [2.45, 2.75) is 19.4 Å². The first-order chi connectivity index (χ1) is 8.16. The molecule has 5 heteroatoms. The van der Waals surface area contributed by atoms with Crippen LogP contribution in [0.3, 0.4) is 0 Å². The van der Waals surface area contributed by atoms with E-state index >= 15 is 0 Å². The number of nitrogens with two attached hydrogens (primary N) is 2. The maximum Gasteiger partial charge on any atom is 0.221 e. The highest BCUT2D eigenvalue weighted by molar-refractivity contribution is 5.76. The Bertz CT molecular complexity index is 407. The van der Waals surface area contributed by atoms with Crippen LogP contribution >= 0.6 is 0 Å². The van der Waals surface area contributed by atoms with Crippen molar-refractivity contribution in [2.24, 2.45) is 11.7 Å². The van der Waals surface area contributed by atoms with Crippen molar-refractivity contribution in [3.8, 4) is 0 Å². The summed E-state index contributed by atoms with van der Waals surface area (Å²) in [5.41, 5.74) is 12.2. The van der Waals surface area contributed by atoms with E-state index in [0.717, 1.165) is 38.0 Å². The van der Waals surface area contributed by atoms with Gasteiger partial charge in [-0.25, -0.2) is 4.98 Å². The van der Waals surface area contributed by atoms with E-state index in [9.17, 15) is 4.79 Å². The Balaban J connectivity index is 1.99. The number of pyridine rings is 1. The molecule has 0 spiro atoms. The number of primary amides is 1. The summed E-state index contributed by atoms with van der Waals surface area (Å²) in [6.07, 6.45) is 3.59. The van der Waals surface area contributed by atoms with E-state index < -0.39 is 0 Å². The number of nitrogen functional groups attached to an aromatic ring is 1. The maximum atomic E-state index is 11.2. The number of rotatable bonds is 3. The summed E-state index contributed by atoms with van der Waals surface area (Å²) in [6.45, 7) is 2.45. The molecule has 1 amide bonds. The second kappa shape index (κ2) is 5.14. The number of carbonyl (C=O) groups is 1. The third kappa shape index (κ3) is 2.94. The van der Waals surface area contributed by atoms with Crippen LogP contribution in [0.25, 0.3) is 0 Å². The van der Waals surface area contributed by atoms with Crippen LogP contribution in [0.1, 0.15) is 18.4 Å². The van der Waals surface area contributed by atoms with E-state index in [1.165, 1.54) is 0 Å². The van der Waals surface area contributed by atoms with Crippen LogP contribution in [0.4, 0.5) is 5.82 Å². The van der Waals surface area contributed by atoms with Crippen molar-refractivity contribution in [2.75, 3.05) is 18.8 Å². The first kappa shape index (κ1) is 11.9. The molecule has 1 saturated heterocycles. The van der Waals surface area contributed by atoms with Gasteiger partial charge in [-0.1, -0.05) is 6.07 Å². The van der Waals surface area contributed by atoms with Gasteiger partial charge in [0.15, 0.2) is 0 Å². The first-order valence-electron chi connectivity index (χ1n) is 5.88. The standard InChI is InChI=1S/C12H18N4O/c13-11-9(3-1-5-15-11)7-16-6-2-4-10(8-16)12(14)17/h1,3,5,10H,2,4,6-8H2,(H2,13,15)(H2,14,17). The molecule has 0 aliphatic carbocycles. The molecule has 17 heavy (non-hydrogen) atoms. The number of aromatic nitrogens is 1. The zero-order valence-electron chi connectivity index (χ0n) is 9.80. The van der Waals surface area contributed by atoms with E-state index in [-0.39, 0.29) is 11.8 Å². The molecule has 2 rings (SSSR count). The van der Waals surface area contributed by atoms with Crippen LogP contribution in [0, 0.1) is 5.92 Å². The molecule has 4 N–H and O–H groups in total. The average Bonchev–Trinajstić information content (AvgIpc) is 2.32. The fourth-order valence-corrected chi connectivity index (χ4v) is 2.26. The average molecular weight is 234 g/mol. The van der Waals surface area contributed by atoms with E-state index in [4.69, 9.17) is 11.5 Å². The molecule has 1 aromatic rings. The van der Waals surface area contributed by atoms with Gasteiger partial charge in [-0.2, -0.15) is 0 Å². The van der Waals surface area contributed by atoms with Gasteiger partial charge in [0.1, 0.15) is 5.82 Å². The minimum absolute atomic E-state index is 0.0263. The summed E-state index contributed by atoms with van der Waals surface area (Å²) < 4.78 is 0. The zero-order chi connectivity index (χ0) is 12.3. The zero-order valence-corrected chi connectivity index (χ0v) is 9.80. The highest BCUT2D eigenvalue weighted by Crippen LogP contribution is 2.19. The lowest BCUT2D eigenvalue weighted by atomic mass is 9.97. The molecule has 1 aromatic heterocycles. The number of carbonyl (C=O) groups excluding carboxylic acids is 1. The fraction of sp³-hybridized carbons (Fsp3) is 0.500. The minimum Gasteiger partial charge on any atom is -0.383 e. The Hall–Kier alpha value is -1.62. The van der Waals surface area contributed by atoms with Gasteiger partial charge in [0.25, 0.3) is 0 Å². The smallest absolute Gasteiger partial charge is 0.221 e. The van der Waals surface area contributed by atoms with Crippen molar-refractivity contribution in [1.29, 1.82) is 0 Å². The van der Waals surface area contributed by atoms with Crippen molar-refractivity contribution < 1.29 is 4.79 Å². The van der Waals surface area contributed by atoms with Crippen molar-refractivity contribution in [3.05, 3.63) is 23.9 Å². The summed E-state index contributed by atoms with van der Waals surface area (Å²) >= 11 is 0. The topological polar surface area (TPSA) is 85.2 Å². The molecule has 0 bridgehead atoms. The normalized spacial score (nSPS) is 21.3. The number of nitrogens with zero attached hydrogens (tertiary/aromatic N) is 2. The third-order valence-corrected chi connectivity index (χ3v) is 3.23. The third-order valence-electron chi connectivity index (χ3n) is 3.23. The van der Waals surface area contributed by atoms with Crippen LogP contribution < -0.4 is 11.5 Å². The number of hydrogen-bond acceptors (Lipinski definition) is 4. The molecule has 2 heterocycles. The molecule has 92 valence electrons. The van der Waals surface area contributed by atoms with Gasteiger partial charge >= 0.3 is 0 Å². The molecule has 1 fully saturated rings. The van der Waals surface area contributed by atoms with E-state index in [0.29, 0.717) is 5.82 Å². The summed E-state index contributed by atoms with van der Waals surface area (Å²) in [4.78, 5) is 17.5. The van der Waals surface area contributed by atoms with Crippen molar-refractivity contribution in [1.82, 2.24) is 9.88 Å². The van der Waals surface area contributed by atoms with Gasteiger partial charge in [0, 0.05) is 24.8 Å². The van der Waals surface area contributed by atoms with Crippen LogP contribution in [0.15, 0.2) is 18.3 Å². The summed E-state index contributed by atoms with van der Waals surface area (Å²) in [5, 5.41) is 0. The summed E-state index contributed by atoms with van der Waals surface area (Å²) in [7, 11) is 0. The molecular formula is C12H18N4O. The largest absolute Gasteiger partial charge is 0.383 e. The minimum atomic E-state index is -0.200. The predicted octanol–water partition coefficient (Wildman–Crippen LogP) is 0.361. The molecule has 1 atom stereocenters. The van der Waals surface area contributed by atoms with E-state index in [1.807, 2.05) is 12.1 Å². The number of anilines is 1. The molecule has 0 aromatic carbocycles. The van der Waals surface area contributed by atoms with Gasteiger partial charge in [-0.3, -0.25) is 9.69 Å². The van der Waals surface area contributed by atoms with Gasteiger partial charge < -0.3 is 11.5 Å². The molecule has 0 saturated carbocycles. The monoisotopic (exact) mass is 234 g/mol. The number of likely N-dealkylation sites (tertiary alicyclic amines) is 1. The fourth-order valence-electron chi connectivity index (χ4n) is 2.26. The Morgan fingerprint density at radius 2 is 2.41 bits per heavy atom. The summed E-state index contributed by atoms with van der Waals surface area (Å²) in [6, 6.07) is 3.84. The Morgan fingerprint density at radius 1 is 1.59 bits per heavy atom. The maximum absolute atomic E-state index is 11.2. The molecular weight excluding hydrogens is 216 g/mol. The molecule has 1 aliphatic heterocycles. The number of amides is 1. The number of hydrogen-bond donors (Lipinski definition) is 2. The number of piperidine rings is 1.